The van der Waals surface area contributed by atoms with Gasteiger partial charge in [0.25, 0.3) is 0 Å². The van der Waals surface area contributed by atoms with E-state index in [0.29, 0.717) is 5.25 Å². The number of thioether (sulfide) groups is 1. The van der Waals surface area contributed by atoms with Crippen molar-refractivity contribution >= 4 is 22.7 Å². The van der Waals surface area contributed by atoms with Crippen molar-refractivity contribution in [3.05, 3.63) is 71.9 Å². The highest BCUT2D eigenvalue weighted by atomic mass is 32.2. The molecular formula is C18H16N2S. The fourth-order valence-corrected chi connectivity index (χ4v) is 4.35. The monoisotopic (exact) mass is 292 g/mol. The van der Waals surface area contributed by atoms with Gasteiger partial charge in [0, 0.05) is 27.8 Å². The standard InChI is InChI=1S/C18H16N2S/c19-17(16-11-13-5-1-2-9-15(13)21-16)14-8-3-6-12-7-4-10-20-18(12)14/h1-10,16-17H,11,19H2. The normalized spacial score (nSPS) is 18.6. The van der Waals surface area contributed by atoms with Gasteiger partial charge in [-0.15, -0.1) is 11.8 Å². The highest BCUT2D eigenvalue weighted by molar-refractivity contribution is 8.00. The molecule has 2 atom stereocenters. The smallest absolute Gasteiger partial charge is 0.0750 e. The van der Waals surface area contributed by atoms with Crippen LogP contribution in [-0.4, -0.2) is 10.2 Å². The number of rotatable bonds is 2. The first-order chi connectivity index (χ1) is 10.3. The molecule has 2 N–H and O–H groups in total. The minimum atomic E-state index is 0.000926. The molecule has 1 aromatic heterocycles. The molecule has 2 nitrogen and oxygen atoms in total. The van der Waals surface area contributed by atoms with E-state index < -0.39 is 0 Å². The Kier molecular flexibility index (Phi) is 3.17. The molecular weight excluding hydrogens is 276 g/mol. The second kappa shape index (κ2) is 5.17. The third-order valence-electron chi connectivity index (χ3n) is 4.10. The van der Waals surface area contributed by atoms with Crippen LogP contribution in [0.3, 0.4) is 0 Å². The number of nitrogens with zero attached hydrogens (tertiary/aromatic N) is 1. The van der Waals surface area contributed by atoms with E-state index in [2.05, 4.69) is 53.5 Å². The van der Waals surface area contributed by atoms with Crippen molar-refractivity contribution in [1.82, 2.24) is 4.98 Å². The Bertz CT molecular complexity index is 770. The first kappa shape index (κ1) is 12.9. The van der Waals surface area contributed by atoms with Crippen LogP contribution in [0.4, 0.5) is 0 Å². The quantitative estimate of drug-likeness (QED) is 0.777. The predicted molar refractivity (Wildman–Crippen MR) is 88.5 cm³/mol. The molecule has 0 radical (unpaired) electrons. The Labute approximate surface area is 128 Å². The molecule has 2 aromatic carbocycles. The molecule has 0 amide bonds. The Morgan fingerprint density at radius 3 is 2.81 bits per heavy atom. The molecule has 104 valence electrons. The van der Waals surface area contributed by atoms with E-state index in [1.807, 2.05) is 24.0 Å². The summed E-state index contributed by atoms with van der Waals surface area (Å²) in [6.45, 7) is 0. The molecule has 3 aromatic rings. The number of hydrogen-bond acceptors (Lipinski definition) is 3. The van der Waals surface area contributed by atoms with E-state index in [9.17, 15) is 0 Å². The third kappa shape index (κ3) is 2.23. The minimum Gasteiger partial charge on any atom is -0.323 e. The maximum Gasteiger partial charge on any atom is 0.0750 e. The molecule has 3 heteroatoms. The first-order valence-electron chi connectivity index (χ1n) is 7.17. The average Bonchev–Trinajstić information content (AvgIpc) is 2.97. The molecule has 0 fully saturated rings. The van der Waals surface area contributed by atoms with Gasteiger partial charge in [-0.2, -0.15) is 0 Å². The summed E-state index contributed by atoms with van der Waals surface area (Å²) in [6.07, 6.45) is 2.88. The maximum atomic E-state index is 6.58. The van der Waals surface area contributed by atoms with Gasteiger partial charge in [-0.3, -0.25) is 4.98 Å². The summed E-state index contributed by atoms with van der Waals surface area (Å²) >= 11 is 1.89. The summed E-state index contributed by atoms with van der Waals surface area (Å²) in [5.74, 6) is 0. The zero-order valence-corrected chi connectivity index (χ0v) is 12.4. The zero-order chi connectivity index (χ0) is 14.2. The van der Waals surface area contributed by atoms with Crippen LogP contribution in [0.25, 0.3) is 10.9 Å². The third-order valence-corrected chi connectivity index (χ3v) is 5.51. The lowest BCUT2D eigenvalue weighted by Gasteiger charge is -2.19. The number of benzene rings is 2. The minimum absolute atomic E-state index is 0.000926. The topological polar surface area (TPSA) is 38.9 Å². The van der Waals surface area contributed by atoms with E-state index in [1.54, 1.807) is 0 Å². The van der Waals surface area contributed by atoms with Gasteiger partial charge in [-0.1, -0.05) is 42.5 Å². The van der Waals surface area contributed by atoms with Gasteiger partial charge >= 0.3 is 0 Å². The Morgan fingerprint density at radius 2 is 1.90 bits per heavy atom. The van der Waals surface area contributed by atoms with Crippen molar-refractivity contribution in [2.24, 2.45) is 5.73 Å². The SMILES string of the molecule is NC(c1cccc2cccnc12)C1Cc2ccccc2S1. The van der Waals surface area contributed by atoms with Crippen LogP contribution in [0.15, 0.2) is 65.7 Å². The molecule has 2 heterocycles. The van der Waals surface area contributed by atoms with E-state index in [0.717, 1.165) is 22.9 Å². The summed E-state index contributed by atoms with van der Waals surface area (Å²) in [4.78, 5) is 5.90. The summed E-state index contributed by atoms with van der Waals surface area (Å²) < 4.78 is 0. The van der Waals surface area contributed by atoms with Gasteiger partial charge in [-0.05, 0) is 29.7 Å². The number of nitrogens with two attached hydrogens (primary N) is 1. The molecule has 0 bridgehead atoms. The van der Waals surface area contributed by atoms with Crippen LogP contribution >= 0.6 is 11.8 Å². The van der Waals surface area contributed by atoms with E-state index >= 15 is 0 Å². The molecule has 0 saturated heterocycles. The first-order valence-corrected chi connectivity index (χ1v) is 8.05. The molecule has 0 aliphatic carbocycles. The largest absolute Gasteiger partial charge is 0.323 e. The zero-order valence-electron chi connectivity index (χ0n) is 11.6. The van der Waals surface area contributed by atoms with Crippen LogP contribution in [0, 0.1) is 0 Å². The van der Waals surface area contributed by atoms with Crippen molar-refractivity contribution < 1.29 is 0 Å². The highest BCUT2D eigenvalue weighted by Gasteiger charge is 2.29. The molecule has 1 aliphatic heterocycles. The number of para-hydroxylation sites is 1. The van der Waals surface area contributed by atoms with Gasteiger partial charge in [0.1, 0.15) is 0 Å². The van der Waals surface area contributed by atoms with Crippen LogP contribution in [0.5, 0.6) is 0 Å². The van der Waals surface area contributed by atoms with E-state index in [1.165, 1.54) is 10.5 Å². The van der Waals surface area contributed by atoms with Crippen LogP contribution in [-0.2, 0) is 6.42 Å². The van der Waals surface area contributed by atoms with Crippen LogP contribution in [0.1, 0.15) is 17.2 Å². The maximum absolute atomic E-state index is 6.58. The Hall–Kier alpha value is -1.84. The lowest BCUT2D eigenvalue weighted by atomic mass is 9.97. The summed E-state index contributed by atoms with van der Waals surface area (Å²) in [5, 5.41) is 1.54. The highest BCUT2D eigenvalue weighted by Crippen LogP contribution is 2.42. The van der Waals surface area contributed by atoms with Crippen molar-refractivity contribution in [3.8, 4) is 0 Å². The van der Waals surface area contributed by atoms with Gasteiger partial charge in [0.05, 0.1) is 5.52 Å². The predicted octanol–water partition coefficient (Wildman–Crippen LogP) is 3.95. The van der Waals surface area contributed by atoms with Crippen molar-refractivity contribution in [3.63, 3.8) is 0 Å². The molecule has 4 rings (SSSR count). The van der Waals surface area contributed by atoms with Crippen molar-refractivity contribution in [2.75, 3.05) is 0 Å². The Morgan fingerprint density at radius 1 is 1.05 bits per heavy atom. The number of fused-ring (bicyclic) bond motifs is 2. The molecule has 2 unspecified atom stereocenters. The fourth-order valence-electron chi connectivity index (χ4n) is 3.01. The number of pyridine rings is 1. The fraction of sp³-hybridized carbons (Fsp3) is 0.167. The molecule has 0 saturated carbocycles. The average molecular weight is 292 g/mol. The summed E-state index contributed by atoms with van der Waals surface area (Å²) in [7, 11) is 0. The molecule has 21 heavy (non-hydrogen) atoms. The van der Waals surface area contributed by atoms with Crippen molar-refractivity contribution in [2.45, 2.75) is 22.6 Å². The second-order valence-corrected chi connectivity index (χ2v) is 6.70. The van der Waals surface area contributed by atoms with Crippen LogP contribution < -0.4 is 5.73 Å². The van der Waals surface area contributed by atoms with Crippen molar-refractivity contribution in [1.29, 1.82) is 0 Å². The number of aromatic nitrogens is 1. The van der Waals surface area contributed by atoms with Gasteiger partial charge in [0.2, 0.25) is 0 Å². The van der Waals surface area contributed by atoms with Crippen LogP contribution in [0.2, 0.25) is 0 Å². The summed E-state index contributed by atoms with van der Waals surface area (Å²) in [6, 6.07) is 18.9. The van der Waals surface area contributed by atoms with Gasteiger partial charge in [0.15, 0.2) is 0 Å². The van der Waals surface area contributed by atoms with Gasteiger partial charge in [-0.25, -0.2) is 0 Å². The lowest BCUT2D eigenvalue weighted by Crippen LogP contribution is -2.23. The lowest BCUT2D eigenvalue weighted by molar-refractivity contribution is 0.681. The molecule has 0 spiro atoms. The van der Waals surface area contributed by atoms with E-state index in [4.69, 9.17) is 5.73 Å². The second-order valence-electron chi connectivity index (χ2n) is 5.42. The Balaban J connectivity index is 1.71. The van der Waals surface area contributed by atoms with Gasteiger partial charge < -0.3 is 5.73 Å². The molecule has 1 aliphatic rings. The summed E-state index contributed by atoms with van der Waals surface area (Å²) in [5.41, 5.74) is 10.2. The van der Waals surface area contributed by atoms with E-state index in [-0.39, 0.29) is 6.04 Å². The number of hydrogen-bond donors (Lipinski definition) is 1.